The molecule has 3 heterocycles. The van der Waals surface area contributed by atoms with E-state index in [1.807, 2.05) is 18.6 Å². The van der Waals surface area contributed by atoms with E-state index >= 15 is 0 Å². The first-order valence-corrected chi connectivity index (χ1v) is 30.4. The Morgan fingerprint density at radius 3 is 0.937 bits per heavy atom. The summed E-state index contributed by atoms with van der Waals surface area (Å²) in [7, 11) is 0. The Bertz CT molecular complexity index is 3550. The highest BCUT2D eigenvalue weighted by atomic mass is 79.9. The fourth-order valence-corrected chi connectivity index (χ4v) is 13.5. The van der Waals surface area contributed by atoms with Crippen LogP contribution in [-0.4, -0.2) is 15.0 Å². The summed E-state index contributed by atoms with van der Waals surface area (Å²) in [4.78, 5) is 14.6. The van der Waals surface area contributed by atoms with Gasteiger partial charge in [0, 0.05) is 48.7 Å². The average molecular weight is 1230 g/mol. The van der Waals surface area contributed by atoms with Crippen molar-refractivity contribution in [2.45, 2.75) is 142 Å². The van der Waals surface area contributed by atoms with Gasteiger partial charge in [0.1, 0.15) is 0 Å². The van der Waals surface area contributed by atoms with Gasteiger partial charge in [-0.1, -0.05) is 234 Å². The van der Waals surface area contributed by atoms with Gasteiger partial charge >= 0.3 is 0 Å². The number of rotatable bonds is 9. The van der Waals surface area contributed by atoms with Crippen molar-refractivity contribution in [1.29, 1.82) is 0 Å². The molecule has 0 spiro atoms. The van der Waals surface area contributed by atoms with Crippen molar-refractivity contribution in [2.24, 2.45) is 0 Å². The van der Waals surface area contributed by atoms with Crippen LogP contribution in [0, 0.1) is 0 Å². The zero-order valence-corrected chi connectivity index (χ0v) is 52.8. The van der Waals surface area contributed by atoms with Crippen molar-refractivity contribution in [3.63, 3.8) is 0 Å². The Morgan fingerprint density at radius 1 is 0.304 bits per heavy atom. The van der Waals surface area contributed by atoms with Gasteiger partial charge in [0.25, 0.3) is 0 Å². The highest BCUT2D eigenvalue weighted by Gasteiger charge is 2.36. The Labute approximate surface area is 496 Å². The molecule has 0 amide bonds. The maximum atomic E-state index is 4.87. The number of halogens is 3. The van der Waals surface area contributed by atoms with E-state index in [0.29, 0.717) is 0 Å². The van der Waals surface area contributed by atoms with Crippen molar-refractivity contribution in [1.82, 2.24) is 15.0 Å². The normalized spacial score (nSPS) is 16.3. The van der Waals surface area contributed by atoms with Crippen LogP contribution in [0.15, 0.2) is 190 Å². The minimum absolute atomic E-state index is 0.0177. The lowest BCUT2D eigenvalue weighted by Gasteiger charge is -2.38. The molecule has 1 aliphatic rings. The van der Waals surface area contributed by atoms with E-state index in [0.717, 1.165) is 66.5 Å². The van der Waals surface area contributed by atoms with Crippen molar-refractivity contribution in [3.8, 4) is 67.2 Å². The minimum atomic E-state index is -0.0463. The van der Waals surface area contributed by atoms with Crippen molar-refractivity contribution >= 4 is 47.8 Å². The fourth-order valence-electron chi connectivity index (χ4n) is 11.7. The molecule has 2 atom stereocenters. The van der Waals surface area contributed by atoms with E-state index in [2.05, 4.69) is 289 Å². The molecule has 3 nitrogen and oxygen atoms in total. The maximum Gasteiger partial charge on any atom is 0.0705 e. The van der Waals surface area contributed by atoms with Crippen LogP contribution < -0.4 is 0 Å². The van der Waals surface area contributed by atoms with Crippen LogP contribution in [0.1, 0.15) is 159 Å². The topological polar surface area (TPSA) is 38.7 Å². The number of aromatic nitrogens is 3. The first-order chi connectivity index (χ1) is 37.4. The smallest absolute Gasteiger partial charge is 0.0705 e. The van der Waals surface area contributed by atoms with Gasteiger partial charge in [0.05, 0.1) is 17.1 Å². The summed E-state index contributed by atoms with van der Waals surface area (Å²) in [6.45, 7) is 27.3. The standard InChI is InChI=1S/C73H74Br3N3/c1-70(2,3)51-24-28-57(63(41-51)62-27-23-47(40-66(62)76)69-44-54(31-34-79-69)73(10,11)12)50-36-48(55-17-13-15-19-58(55)60-25-21-45(38-64(60)74)67-42-52(29-32-77-67)71(4,5)6)35-49(37-50)56-18-14-16-20-59(56)61-26-22-46(39-65(61)75)68-43-53(30-33-78-68)72(7,8)9/h13-34,38-44,48-50H,35-37H2,1-12H3. The van der Waals surface area contributed by atoms with Crippen LogP contribution in [-0.2, 0) is 21.7 Å². The third kappa shape index (κ3) is 12.3. The third-order valence-corrected chi connectivity index (χ3v) is 18.4. The summed E-state index contributed by atoms with van der Waals surface area (Å²) in [6.07, 6.45) is 8.87. The minimum Gasteiger partial charge on any atom is -0.256 e. The van der Waals surface area contributed by atoms with Crippen LogP contribution in [0.25, 0.3) is 67.2 Å². The average Bonchev–Trinajstić information content (AvgIpc) is 3.58. The summed E-state index contributed by atoms with van der Waals surface area (Å²) < 4.78 is 3.20. The Hall–Kier alpha value is -5.79. The molecule has 2 unspecified atom stereocenters. The maximum absolute atomic E-state index is 4.87. The molecule has 6 heteroatoms. The molecule has 402 valence electrons. The summed E-state index contributed by atoms with van der Waals surface area (Å²) in [5.74, 6) is 0.738. The molecule has 0 bridgehead atoms. The summed E-state index contributed by atoms with van der Waals surface area (Å²) >= 11 is 12.4. The molecule has 1 fully saturated rings. The summed E-state index contributed by atoms with van der Waals surface area (Å²) in [6, 6.07) is 59.3. The van der Waals surface area contributed by atoms with Crippen LogP contribution in [0.3, 0.4) is 0 Å². The van der Waals surface area contributed by atoms with Crippen LogP contribution in [0.4, 0.5) is 0 Å². The Kier molecular flexibility index (Phi) is 15.9. The van der Waals surface area contributed by atoms with Gasteiger partial charge in [-0.3, -0.25) is 15.0 Å². The van der Waals surface area contributed by atoms with Gasteiger partial charge in [-0.2, -0.15) is 0 Å². The Balaban J connectivity index is 1.10. The fraction of sp³-hybridized carbons (Fsp3) is 0.301. The number of nitrogens with zero attached hydrogens (tertiary/aromatic N) is 3. The van der Waals surface area contributed by atoms with Crippen molar-refractivity contribution in [3.05, 3.63) is 229 Å². The zero-order valence-electron chi connectivity index (χ0n) is 48.1. The summed E-state index contributed by atoms with van der Waals surface area (Å²) in [5.41, 5.74) is 23.0. The molecular weight excluding hydrogens is 1160 g/mol. The van der Waals surface area contributed by atoms with Crippen molar-refractivity contribution < 1.29 is 0 Å². The molecule has 3 aromatic heterocycles. The predicted octanol–water partition coefficient (Wildman–Crippen LogP) is 22.2. The van der Waals surface area contributed by atoms with Gasteiger partial charge in [-0.25, -0.2) is 0 Å². The predicted molar refractivity (Wildman–Crippen MR) is 345 cm³/mol. The lowest BCUT2D eigenvalue weighted by Crippen LogP contribution is -2.21. The van der Waals surface area contributed by atoms with E-state index in [-0.39, 0.29) is 39.4 Å². The zero-order chi connectivity index (χ0) is 56.2. The second-order valence-electron chi connectivity index (χ2n) is 26.1. The van der Waals surface area contributed by atoms with E-state index < -0.39 is 0 Å². The largest absolute Gasteiger partial charge is 0.256 e. The number of hydrogen-bond donors (Lipinski definition) is 0. The van der Waals surface area contributed by atoms with E-state index in [4.69, 9.17) is 15.0 Å². The van der Waals surface area contributed by atoms with E-state index in [1.165, 1.54) is 72.3 Å². The molecule has 79 heavy (non-hydrogen) atoms. The first kappa shape index (κ1) is 56.5. The third-order valence-electron chi connectivity index (χ3n) is 16.4. The molecule has 1 saturated carbocycles. The van der Waals surface area contributed by atoms with Gasteiger partial charge in [0.2, 0.25) is 0 Å². The molecule has 0 saturated heterocycles. The van der Waals surface area contributed by atoms with Crippen LogP contribution in [0.5, 0.6) is 0 Å². The molecule has 0 radical (unpaired) electrons. The molecule has 6 aromatic carbocycles. The quantitative estimate of drug-likeness (QED) is 0.145. The van der Waals surface area contributed by atoms with Gasteiger partial charge in [-0.05, 0) is 186 Å². The van der Waals surface area contributed by atoms with E-state index in [9.17, 15) is 0 Å². The Morgan fingerprint density at radius 2 is 0.608 bits per heavy atom. The van der Waals surface area contributed by atoms with Crippen LogP contribution in [0.2, 0.25) is 0 Å². The second kappa shape index (κ2) is 22.3. The second-order valence-corrected chi connectivity index (χ2v) is 28.7. The van der Waals surface area contributed by atoms with E-state index in [1.54, 1.807) is 0 Å². The summed E-state index contributed by atoms with van der Waals surface area (Å²) in [5, 5.41) is 0. The lowest BCUT2D eigenvalue weighted by atomic mass is 9.66. The molecule has 0 aliphatic heterocycles. The van der Waals surface area contributed by atoms with Crippen LogP contribution >= 0.6 is 47.8 Å². The van der Waals surface area contributed by atoms with Gasteiger partial charge in [0.15, 0.2) is 0 Å². The molecule has 1 aliphatic carbocycles. The first-order valence-electron chi connectivity index (χ1n) is 28.0. The SMILES string of the molecule is CC(C)(C)c1ccnc(-c2ccc(-c3ccccc3C3CC(c4ccccc4-c4ccc(-c5cc(C(C)(C)C)ccn5)cc4Br)CC(c4ccc(C(C)(C)C)cc4-c4ccc(-c5cc(C(C)(C)C)ccn5)cc4Br)C3)c(Br)c2)c1. The molecule has 10 rings (SSSR count). The number of benzene rings is 6. The van der Waals surface area contributed by atoms with Gasteiger partial charge in [-0.15, -0.1) is 0 Å². The monoisotopic (exact) mass is 1230 g/mol. The highest BCUT2D eigenvalue weighted by molar-refractivity contribution is 9.11. The number of pyridine rings is 3. The van der Waals surface area contributed by atoms with Crippen molar-refractivity contribution in [2.75, 3.05) is 0 Å². The lowest BCUT2D eigenvalue weighted by molar-refractivity contribution is 0.352. The molecule has 0 N–H and O–H groups in total. The van der Waals surface area contributed by atoms with Gasteiger partial charge < -0.3 is 0 Å². The molecular formula is C73H74Br3N3. The molecule has 9 aromatic rings. The number of hydrogen-bond acceptors (Lipinski definition) is 3. The highest BCUT2D eigenvalue weighted by Crippen LogP contribution is 2.54.